The summed E-state index contributed by atoms with van der Waals surface area (Å²) in [5.74, 6) is 0. The van der Waals surface area contributed by atoms with Crippen LogP contribution in [0.1, 0.15) is 39.7 Å². The lowest BCUT2D eigenvalue weighted by Crippen LogP contribution is -2.40. The molecule has 1 aromatic carbocycles. The van der Waals surface area contributed by atoms with Gasteiger partial charge in [0.15, 0.2) is 8.32 Å². The van der Waals surface area contributed by atoms with Gasteiger partial charge in [0, 0.05) is 12.6 Å². The lowest BCUT2D eigenvalue weighted by Gasteiger charge is -2.36. The molecule has 5 nitrogen and oxygen atoms in total. The van der Waals surface area contributed by atoms with Gasteiger partial charge in [0.2, 0.25) is 0 Å². The van der Waals surface area contributed by atoms with E-state index in [0.717, 1.165) is 12.0 Å². The van der Waals surface area contributed by atoms with Crippen molar-refractivity contribution in [2.45, 2.75) is 58.9 Å². The Kier molecular flexibility index (Phi) is 6.14. The highest BCUT2D eigenvalue weighted by atomic mass is 28.4. The van der Waals surface area contributed by atoms with Crippen LogP contribution >= 0.6 is 0 Å². The first-order chi connectivity index (χ1) is 10.1. The third-order valence-corrected chi connectivity index (χ3v) is 8.71. The monoisotopic (exact) mass is 324 g/mol. The molecule has 0 aliphatic carbocycles. The molecule has 0 heterocycles. The number of nitrogens with one attached hydrogen (secondary N) is 1. The highest BCUT2D eigenvalue weighted by Gasteiger charge is 2.37. The zero-order chi connectivity index (χ0) is 17.0. The molecule has 0 unspecified atom stereocenters. The second-order valence-corrected chi connectivity index (χ2v) is 11.9. The van der Waals surface area contributed by atoms with Gasteiger partial charge in [-0.15, -0.1) is 0 Å². The van der Waals surface area contributed by atoms with Crippen LogP contribution in [0.25, 0.3) is 0 Å². The Morgan fingerprint density at radius 1 is 1.32 bits per heavy atom. The van der Waals surface area contributed by atoms with Gasteiger partial charge in [-0.1, -0.05) is 27.7 Å². The van der Waals surface area contributed by atoms with Crippen molar-refractivity contribution >= 4 is 19.7 Å². The van der Waals surface area contributed by atoms with E-state index >= 15 is 0 Å². The highest BCUT2D eigenvalue weighted by molar-refractivity contribution is 6.74. The van der Waals surface area contributed by atoms with Crippen LogP contribution in [-0.2, 0) is 11.0 Å². The zero-order valence-corrected chi connectivity index (χ0v) is 15.5. The zero-order valence-electron chi connectivity index (χ0n) is 14.5. The second kappa shape index (κ2) is 7.24. The van der Waals surface area contributed by atoms with Gasteiger partial charge in [-0.25, -0.2) is 0 Å². The molecule has 1 N–H and O–H groups in total. The number of rotatable bonds is 7. The number of hydrogen-bond acceptors (Lipinski definition) is 4. The molecule has 0 fully saturated rings. The Labute approximate surface area is 134 Å². The Morgan fingerprint density at radius 3 is 2.45 bits per heavy atom. The summed E-state index contributed by atoms with van der Waals surface area (Å²) in [7, 11) is -1.82. The minimum Gasteiger partial charge on any atom is -0.413 e. The average Bonchev–Trinajstić information content (AvgIpc) is 2.41. The van der Waals surface area contributed by atoms with Crippen LogP contribution in [0.4, 0.5) is 11.4 Å². The van der Waals surface area contributed by atoms with Gasteiger partial charge >= 0.3 is 0 Å². The van der Waals surface area contributed by atoms with Crippen molar-refractivity contribution in [1.82, 2.24) is 0 Å². The van der Waals surface area contributed by atoms with Crippen molar-refractivity contribution < 1.29 is 9.35 Å². The van der Waals surface area contributed by atoms with Gasteiger partial charge in [-0.05, 0) is 42.2 Å². The first-order valence-corrected chi connectivity index (χ1v) is 10.6. The van der Waals surface area contributed by atoms with E-state index in [0.29, 0.717) is 18.8 Å². The predicted molar refractivity (Wildman–Crippen MR) is 93.9 cm³/mol. The van der Waals surface area contributed by atoms with Crippen LogP contribution in [0.15, 0.2) is 18.2 Å². The largest absolute Gasteiger partial charge is 0.413 e. The van der Waals surface area contributed by atoms with Gasteiger partial charge in [-0.3, -0.25) is 10.1 Å². The maximum Gasteiger partial charge on any atom is 0.292 e. The Balaban J connectivity index is 2.90. The summed E-state index contributed by atoms with van der Waals surface area (Å²) in [5.41, 5.74) is 1.65. The number of nitro benzene ring substituents is 1. The molecule has 0 saturated carbocycles. The lowest BCUT2D eigenvalue weighted by molar-refractivity contribution is -0.384. The van der Waals surface area contributed by atoms with Crippen molar-refractivity contribution in [2.24, 2.45) is 0 Å². The molecule has 0 saturated heterocycles. The van der Waals surface area contributed by atoms with Crippen molar-refractivity contribution in [3.05, 3.63) is 33.9 Å². The molecule has 124 valence electrons. The van der Waals surface area contributed by atoms with Crippen LogP contribution in [0.5, 0.6) is 0 Å². The summed E-state index contributed by atoms with van der Waals surface area (Å²) in [5, 5.41) is 14.4. The molecule has 0 spiro atoms. The lowest BCUT2D eigenvalue weighted by atomic mass is 10.2. The standard InChI is InChI=1S/C16H28N2O3Si/c1-7-10-17-14-11-13(8-9-15(14)18(19)20)12-21-22(5,6)16(2,3)4/h8-9,11,17H,7,10,12H2,1-6H3. The molecule has 22 heavy (non-hydrogen) atoms. The van der Waals surface area contributed by atoms with Gasteiger partial charge in [0.05, 0.1) is 11.5 Å². The van der Waals surface area contributed by atoms with Gasteiger partial charge in [0.25, 0.3) is 5.69 Å². The molecule has 0 aliphatic heterocycles. The number of anilines is 1. The summed E-state index contributed by atoms with van der Waals surface area (Å²) in [6, 6.07) is 5.17. The summed E-state index contributed by atoms with van der Waals surface area (Å²) in [6.07, 6.45) is 0.919. The highest BCUT2D eigenvalue weighted by Crippen LogP contribution is 2.37. The van der Waals surface area contributed by atoms with E-state index in [1.165, 1.54) is 0 Å². The van der Waals surface area contributed by atoms with E-state index in [9.17, 15) is 10.1 Å². The van der Waals surface area contributed by atoms with E-state index in [1.54, 1.807) is 12.1 Å². The van der Waals surface area contributed by atoms with Crippen LogP contribution in [0.2, 0.25) is 18.1 Å². The Bertz CT molecular complexity index is 525. The minimum absolute atomic E-state index is 0.115. The van der Waals surface area contributed by atoms with Crippen LogP contribution in [0.3, 0.4) is 0 Å². The summed E-state index contributed by atoms with van der Waals surface area (Å²) < 4.78 is 6.18. The molecule has 0 amide bonds. The normalized spacial score (nSPS) is 12.3. The van der Waals surface area contributed by atoms with Crippen LogP contribution < -0.4 is 5.32 Å². The first kappa shape index (κ1) is 18.6. The molecule has 1 aromatic rings. The molecule has 1 rings (SSSR count). The maximum atomic E-state index is 11.1. The molecule has 0 aliphatic rings. The van der Waals surface area contributed by atoms with Crippen LogP contribution in [-0.4, -0.2) is 19.8 Å². The third-order valence-electron chi connectivity index (χ3n) is 4.23. The van der Waals surface area contributed by atoms with E-state index in [1.807, 2.05) is 13.0 Å². The molecule has 0 atom stereocenters. The average molecular weight is 324 g/mol. The number of hydrogen-bond donors (Lipinski definition) is 1. The smallest absolute Gasteiger partial charge is 0.292 e. The van der Waals surface area contributed by atoms with Crippen molar-refractivity contribution in [2.75, 3.05) is 11.9 Å². The van der Waals surface area contributed by atoms with Crippen molar-refractivity contribution in [1.29, 1.82) is 0 Å². The molecule has 0 aromatic heterocycles. The Hall–Kier alpha value is -1.40. The summed E-state index contributed by atoms with van der Waals surface area (Å²) in [4.78, 5) is 10.7. The maximum absolute atomic E-state index is 11.1. The molecule has 0 radical (unpaired) electrons. The quantitative estimate of drug-likeness (QED) is 0.438. The van der Waals surface area contributed by atoms with Gasteiger partial charge in [-0.2, -0.15) is 0 Å². The van der Waals surface area contributed by atoms with E-state index < -0.39 is 8.32 Å². The van der Waals surface area contributed by atoms with Crippen LogP contribution in [0, 0.1) is 10.1 Å². The minimum atomic E-state index is -1.82. The second-order valence-electron chi connectivity index (χ2n) is 7.08. The molecule has 6 heteroatoms. The summed E-state index contributed by atoms with van der Waals surface area (Å²) in [6.45, 7) is 14.2. The van der Waals surface area contributed by atoms with Crippen molar-refractivity contribution in [3.8, 4) is 0 Å². The predicted octanol–water partition coefficient (Wildman–Crippen LogP) is 4.94. The molecular formula is C16H28N2O3Si. The Morgan fingerprint density at radius 2 is 1.95 bits per heavy atom. The molecular weight excluding hydrogens is 296 g/mol. The topological polar surface area (TPSA) is 64.4 Å². The fourth-order valence-corrected chi connectivity index (χ4v) is 2.67. The third kappa shape index (κ3) is 4.81. The number of nitrogens with zero attached hydrogens (tertiary/aromatic N) is 1. The number of benzene rings is 1. The van der Waals surface area contributed by atoms with E-state index in [2.05, 4.69) is 39.2 Å². The van der Waals surface area contributed by atoms with Gasteiger partial charge in [0.1, 0.15) is 5.69 Å². The SMILES string of the molecule is CCCNc1cc(CO[Si](C)(C)C(C)(C)C)ccc1[N+](=O)[O-]. The fourth-order valence-electron chi connectivity index (χ4n) is 1.71. The van der Waals surface area contributed by atoms with Crippen molar-refractivity contribution in [3.63, 3.8) is 0 Å². The first-order valence-electron chi connectivity index (χ1n) is 7.73. The number of nitro groups is 1. The fraction of sp³-hybridized carbons (Fsp3) is 0.625. The van der Waals surface area contributed by atoms with Gasteiger partial charge < -0.3 is 9.74 Å². The summed E-state index contributed by atoms with van der Waals surface area (Å²) >= 11 is 0. The van der Waals surface area contributed by atoms with E-state index in [-0.39, 0.29) is 15.6 Å². The molecule has 0 bridgehead atoms. The van der Waals surface area contributed by atoms with E-state index in [4.69, 9.17) is 4.43 Å².